The predicted molar refractivity (Wildman–Crippen MR) is 208 cm³/mol. The van der Waals surface area contributed by atoms with E-state index in [-0.39, 0.29) is 68.4 Å². The van der Waals surface area contributed by atoms with Crippen molar-refractivity contribution in [3.8, 4) is 11.5 Å². The van der Waals surface area contributed by atoms with Crippen molar-refractivity contribution in [1.82, 2.24) is 9.62 Å². The number of rotatable bonds is 16. The van der Waals surface area contributed by atoms with Crippen molar-refractivity contribution in [1.29, 1.82) is 0 Å². The number of nitrogens with zero attached hydrogens (tertiary/aromatic N) is 1. The van der Waals surface area contributed by atoms with Gasteiger partial charge >= 0.3 is 18.6 Å². The van der Waals surface area contributed by atoms with Crippen LogP contribution in [0.25, 0.3) is 0 Å². The number of nitrogens with one attached hydrogen (secondary N) is 2. The lowest BCUT2D eigenvalue weighted by atomic mass is 9.86. The van der Waals surface area contributed by atoms with E-state index < -0.39 is 40.7 Å². The molecule has 4 heterocycles. The first kappa shape index (κ1) is 43.5. The van der Waals surface area contributed by atoms with Gasteiger partial charge in [-0.2, -0.15) is 13.5 Å². The van der Waals surface area contributed by atoms with Crippen molar-refractivity contribution < 1.29 is 56.2 Å². The van der Waals surface area contributed by atoms with Gasteiger partial charge in [0.2, 0.25) is 10.0 Å². The highest BCUT2D eigenvalue weighted by atomic mass is 35.5. The second-order valence-electron chi connectivity index (χ2n) is 14.3. The Morgan fingerprint density at radius 1 is 0.897 bits per heavy atom. The lowest BCUT2D eigenvalue weighted by Gasteiger charge is -2.44. The Kier molecular flexibility index (Phi) is 14.2. The SMILES string of the molecule is O=C(O[C@@H](Cc1c(Cl)c[nH+]cc1Cl)c1ccc(OC(F)F)c(OCC2CC2)c1)c1cccc(S(=O)(=O)NC(C(=O)O[C@H]2CN3CCC2CC3)c2ccc(Cl)cc2)c1.[OH-]. The van der Waals surface area contributed by atoms with E-state index in [0.717, 1.165) is 44.8 Å². The molecule has 4 aliphatic rings. The monoisotopic (exact) mass is 881 g/mol. The minimum Gasteiger partial charge on any atom is -0.870 e. The number of pyridine rings is 1. The fourth-order valence-electron chi connectivity index (χ4n) is 6.99. The number of benzene rings is 3. The Morgan fingerprint density at radius 3 is 2.22 bits per heavy atom. The first-order valence-corrected chi connectivity index (χ1v) is 21.0. The van der Waals surface area contributed by atoms with Crippen LogP contribution in [0.5, 0.6) is 11.5 Å². The number of hydrogen-bond acceptors (Lipinski definition) is 10. The maximum Gasteiger partial charge on any atom is 0.387 e. The number of hydrogen-bond donors (Lipinski definition) is 1. The van der Waals surface area contributed by atoms with Gasteiger partial charge in [0.05, 0.1) is 17.1 Å². The maximum atomic E-state index is 14.0. The lowest BCUT2D eigenvalue weighted by Crippen LogP contribution is -2.52. The van der Waals surface area contributed by atoms with E-state index in [1.54, 1.807) is 24.3 Å². The summed E-state index contributed by atoms with van der Waals surface area (Å²) in [7, 11) is -4.47. The molecule has 18 heteroatoms. The molecule has 1 saturated carbocycles. The number of aromatic nitrogens is 1. The standard InChI is InChI=1S/C40H38Cl3F2N3O8S.H2O/c41-28-9-6-25(7-10-28)37(39(50)55-36-21-48-14-12-24(36)13-15-48)47-57(51,52)29-3-1-2-27(16-29)38(49)54-34(18-30-31(42)19-46-20-32(30)43)26-8-11-33(56-40(44)45)35(17-26)53-22-23-4-5-23;/h1-3,6-11,16-17,19-20,23-24,34,36-37,40,47H,4-5,12-15,18,21-22H2;1H2/t34-,36-,37?;/m0./s1. The molecular weight excluding hydrogens is 843 g/mol. The molecule has 0 spiro atoms. The molecule has 3 atom stereocenters. The van der Waals surface area contributed by atoms with E-state index in [1.807, 2.05) is 0 Å². The van der Waals surface area contributed by atoms with Gasteiger partial charge in [0.1, 0.15) is 28.3 Å². The highest BCUT2D eigenvalue weighted by Crippen LogP contribution is 2.38. The van der Waals surface area contributed by atoms with Crippen LogP contribution in [0.1, 0.15) is 64.9 Å². The van der Waals surface area contributed by atoms with Gasteiger partial charge < -0.3 is 24.4 Å². The van der Waals surface area contributed by atoms with Crippen molar-refractivity contribution >= 4 is 56.8 Å². The number of aromatic amines is 1. The number of esters is 2. The highest BCUT2D eigenvalue weighted by Gasteiger charge is 2.39. The molecule has 0 amide bonds. The van der Waals surface area contributed by atoms with Crippen LogP contribution in [0.4, 0.5) is 8.78 Å². The van der Waals surface area contributed by atoms with E-state index in [4.69, 9.17) is 53.8 Å². The maximum absolute atomic E-state index is 14.0. The molecule has 1 aromatic heterocycles. The molecule has 3 saturated heterocycles. The zero-order valence-electron chi connectivity index (χ0n) is 30.8. The zero-order chi connectivity index (χ0) is 40.3. The number of piperidine rings is 3. The summed E-state index contributed by atoms with van der Waals surface area (Å²) < 4.78 is 79.6. The van der Waals surface area contributed by atoms with Crippen molar-refractivity contribution in [2.75, 3.05) is 26.2 Å². The number of sulfonamides is 1. The molecule has 310 valence electrons. The smallest absolute Gasteiger partial charge is 0.387 e. The molecule has 4 fully saturated rings. The highest BCUT2D eigenvalue weighted by molar-refractivity contribution is 7.89. The minimum absolute atomic E-state index is 0. The number of ether oxygens (including phenoxy) is 4. The Balaban J connectivity index is 0.00000567. The van der Waals surface area contributed by atoms with Gasteiger partial charge in [-0.25, -0.2) is 23.0 Å². The summed E-state index contributed by atoms with van der Waals surface area (Å²) in [6.07, 6.45) is 5.11. The van der Waals surface area contributed by atoms with Crippen molar-refractivity contribution in [2.45, 2.75) is 61.9 Å². The van der Waals surface area contributed by atoms with Gasteiger partial charge in [0.25, 0.3) is 0 Å². The number of alkyl halides is 2. The number of H-pyrrole nitrogens is 1. The van der Waals surface area contributed by atoms with Crippen molar-refractivity contribution in [2.24, 2.45) is 11.8 Å². The quantitative estimate of drug-likeness (QED) is 0.112. The molecule has 2 bridgehead atoms. The van der Waals surface area contributed by atoms with E-state index in [1.165, 1.54) is 48.8 Å². The molecule has 12 nitrogen and oxygen atoms in total. The first-order valence-electron chi connectivity index (χ1n) is 18.4. The van der Waals surface area contributed by atoms with E-state index in [2.05, 4.69) is 14.6 Å². The number of halogens is 5. The van der Waals surface area contributed by atoms with E-state index >= 15 is 0 Å². The van der Waals surface area contributed by atoms with Gasteiger partial charge in [-0.15, -0.1) is 0 Å². The second kappa shape index (κ2) is 18.9. The van der Waals surface area contributed by atoms with Gasteiger partial charge in [0, 0.05) is 23.6 Å². The molecule has 1 unspecified atom stereocenters. The Hall–Kier alpha value is -4.09. The third kappa shape index (κ3) is 10.7. The Bertz CT molecular complexity index is 2190. The second-order valence-corrected chi connectivity index (χ2v) is 17.3. The van der Waals surface area contributed by atoms with Crippen molar-refractivity contribution in [3.63, 3.8) is 0 Å². The number of carbonyl (C=O) groups is 2. The molecule has 1 aliphatic carbocycles. The number of fused-ring (bicyclic) bond motifs is 3. The molecule has 0 radical (unpaired) electrons. The molecule has 4 aromatic rings. The van der Waals surface area contributed by atoms with Crippen LogP contribution in [0.3, 0.4) is 0 Å². The van der Waals surface area contributed by atoms with Crippen LogP contribution in [-0.4, -0.2) is 69.7 Å². The Labute approximate surface area is 349 Å². The van der Waals surface area contributed by atoms with Crippen LogP contribution in [0, 0.1) is 11.8 Å². The summed E-state index contributed by atoms with van der Waals surface area (Å²) in [5.74, 6) is -1.38. The lowest BCUT2D eigenvalue weighted by molar-refractivity contribution is -0.377. The number of carbonyl (C=O) groups excluding carboxylic acids is 2. The fraction of sp³-hybridized carbons (Fsp3) is 0.375. The predicted octanol–water partition coefficient (Wildman–Crippen LogP) is 7.47. The van der Waals surface area contributed by atoms with E-state index in [9.17, 15) is 26.8 Å². The summed E-state index contributed by atoms with van der Waals surface area (Å²) in [4.78, 5) is 32.4. The molecule has 3 aromatic carbocycles. The summed E-state index contributed by atoms with van der Waals surface area (Å²) in [5, 5.41) is 0.880. The van der Waals surface area contributed by atoms with Crippen LogP contribution in [0.15, 0.2) is 84.0 Å². The zero-order valence-corrected chi connectivity index (χ0v) is 33.9. The fourth-order valence-corrected chi connectivity index (χ4v) is 8.86. The van der Waals surface area contributed by atoms with Gasteiger partial charge in [0.15, 0.2) is 23.9 Å². The van der Waals surface area contributed by atoms with Gasteiger partial charge in [-0.3, -0.25) is 4.90 Å². The molecule has 58 heavy (non-hydrogen) atoms. The van der Waals surface area contributed by atoms with Crippen molar-refractivity contribution in [3.05, 3.63) is 116 Å². The average molecular weight is 883 g/mol. The normalized spacial score (nSPS) is 19.8. The summed E-state index contributed by atoms with van der Waals surface area (Å²) in [6.45, 7) is -0.398. The van der Waals surface area contributed by atoms with Crippen LogP contribution < -0.4 is 19.2 Å². The van der Waals surface area contributed by atoms with Crippen LogP contribution >= 0.6 is 34.8 Å². The molecule has 3 aliphatic heterocycles. The van der Waals surface area contributed by atoms with Crippen LogP contribution in [0.2, 0.25) is 15.1 Å². The summed E-state index contributed by atoms with van der Waals surface area (Å²) >= 11 is 19.1. The first-order chi connectivity index (χ1) is 27.3. The topological polar surface area (TPSA) is 165 Å². The summed E-state index contributed by atoms with van der Waals surface area (Å²) in [6, 6.07) is 14.1. The largest absolute Gasteiger partial charge is 0.870 e. The molecule has 3 N–H and O–H groups in total. The van der Waals surface area contributed by atoms with Gasteiger partial charge in [-0.05, 0) is 104 Å². The van der Waals surface area contributed by atoms with Gasteiger partial charge in [-0.1, -0.05) is 59.1 Å². The third-order valence-electron chi connectivity index (χ3n) is 10.3. The molecular formula is C40H40Cl3F2N3O9S. The minimum atomic E-state index is -4.47. The third-order valence-corrected chi connectivity index (χ3v) is 12.7. The molecule has 8 rings (SSSR count). The average Bonchev–Trinajstić information content (AvgIpc) is 4.03. The Morgan fingerprint density at radius 2 is 1.59 bits per heavy atom. The van der Waals surface area contributed by atoms with E-state index in [0.29, 0.717) is 28.3 Å². The van der Waals surface area contributed by atoms with Crippen LogP contribution in [-0.2, 0) is 30.7 Å². The summed E-state index contributed by atoms with van der Waals surface area (Å²) in [5.41, 5.74) is 0.937.